The van der Waals surface area contributed by atoms with Crippen molar-refractivity contribution >= 4 is 17.8 Å². The molecule has 7 heteroatoms. The molecule has 0 saturated carbocycles. The molecule has 0 aromatic heterocycles. The van der Waals surface area contributed by atoms with Crippen molar-refractivity contribution in [3.63, 3.8) is 0 Å². The summed E-state index contributed by atoms with van der Waals surface area (Å²) in [4.78, 5) is 35.4. The number of piperidine rings is 1. The monoisotopic (exact) mass is 416 g/mol. The molecule has 1 saturated heterocycles. The lowest BCUT2D eigenvalue weighted by Gasteiger charge is -2.35. The van der Waals surface area contributed by atoms with Crippen LogP contribution in [0, 0.1) is 11.8 Å². The lowest BCUT2D eigenvalue weighted by Crippen LogP contribution is -2.42. The van der Waals surface area contributed by atoms with Crippen molar-refractivity contribution in [1.29, 1.82) is 0 Å². The van der Waals surface area contributed by atoms with Crippen LogP contribution in [0.4, 0.5) is 0 Å². The van der Waals surface area contributed by atoms with E-state index in [1.807, 2.05) is 30.1 Å². The number of carbonyl (C=O) groups excluding carboxylic acids is 1. The van der Waals surface area contributed by atoms with E-state index in [9.17, 15) is 4.79 Å². The van der Waals surface area contributed by atoms with E-state index in [1.54, 1.807) is 0 Å². The Bertz CT molecular complexity index is 714. The van der Waals surface area contributed by atoms with Crippen LogP contribution in [-0.2, 0) is 20.9 Å². The van der Waals surface area contributed by atoms with Gasteiger partial charge in [-0.3, -0.25) is 4.79 Å². The molecule has 1 heterocycles. The molecule has 1 atom stereocenters. The molecule has 3 rings (SSSR count). The number of rotatable bonds is 5. The standard InChI is InChI=1S/C21H30N2O.C2H2O4/c1-22(16-18-8-4-2-5-9-18)21(24)20-12-14-23(15-13-20)17-19-10-6-3-7-11-19;3-1(4)2(5)6/h2-6,8-9,19-20H,7,10-17H2,1H3;(H,3,4)(H,5,6). The number of hydrogen-bond acceptors (Lipinski definition) is 4. The maximum absolute atomic E-state index is 12.7. The minimum Gasteiger partial charge on any atom is -0.473 e. The highest BCUT2D eigenvalue weighted by molar-refractivity contribution is 6.27. The Morgan fingerprint density at radius 2 is 1.63 bits per heavy atom. The number of carbonyl (C=O) groups is 3. The van der Waals surface area contributed by atoms with E-state index >= 15 is 0 Å². The molecule has 1 unspecified atom stereocenters. The van der Waals surface area contributed by atoms with Crippen LogP contribution in [0.5, 0.6) is 0 Å². The van der Waals surface area contributed by atoms with Gasteiger partial charge in [0.15, 0.2) is 0 Å². The first-order chi connectivity index (χ1) is 14.4. The van der Waals surface area contributed by atoms with Gasteiger partial charge in [-0.15, -0.1) is 0 Å². The van der Waals surface area contributed by atoms with Crippen molar-refractivity contribution in [2.24, 2.45) is 11.8 Å². The van der Waals surface area contributed by atoms with Gasteiger partial charge in [-0.1, -0.05) is 42.5 Å². The van der Waals surface area contributed by atoms with E-state index in [1.165, 1.54) is 31.4 Å². The molecular formula is C23H32N2O5. The zero-order valence-electron chi connectivity index (χ0n) is 17.6. The Morgan fingerprint density at radius 1 is 1.00 bits per heavy atom. The van der Waals surface area contributed by atoms with Gasteiger partial charge in [0, 0.05) is 26.1 Å². The number of aliphatic carboxylic acids is 2. The average molecular weight is 417 g/mol. The van der Waals surface area contributed by atoms with Crippen LogP contribution in [0.15, 0.2) is 42.5 Å². The Balaban J connectivity index is 0.000000469. The van der Waals surface area contributed by atoms with Crippen molar-refractivity contribution in [1.82, 2.24) is 9.80 Å². The Hall–Kier alpha value is -2.67. The highest BCUT2D eigenvalue weighted by Crippen LogP contribution is 2.24. The smallest absolute Gasteiger partial charge is 0.414 e. The van der Waals surface area contributed by atoms with Crippen molar-refractivity contribution in [3.05, 3.63) is 48.0 Å². The molecule has 0 radical (unpaired) electrons. The fourth-order valence-electron chi connectivity index (χ4n) is 4.00. The Labute approximate surface area is 178 Å². The first-order valence-electron chi connectivity index (χ1n) is 10.5. The summed E-state index contributed by atoms with van der Waals surface area (Å²) in [5.74, 6) is -2.30. The second-order valence-corrected chi connectivity index (χ2v) is 8.02. The lowest BCUT2D eigenvalue weighted by atomic mass is 9.91. The van der Waals surface area contributed by atoms with Crippen LogP contribution >= 0.6 is 0 Å². The molecule has 1 aromatic rings. The molecule has 1 aliphatic carbocycles. The highest BCUT2D eigenvalue weighted by Gasteiger charge is 2.28. The zero-order chi connectivity index (χ0) is 21.9. The molecule has 2 N–H and O–H groups in total. The van der Waals surface area contributed by atoms with Gasteiger partial charge in [0.25, 0.3) is 0 Å². The molecular weight excluding hydrogens is 384 g/mol. The van der Waals surface area contributed by atoms with Crippen LogP contribution in [0.25, 0.3) is 0 Å². The SMILES string of the molecule is CN(Cc1ccccc1)C(=O)C1CCN(CC2CC=CCC2)CC1.O=C(O)C(=O)O. The summed E-state index contributed by atoms with van der Waals surface area (Å²) < 4.78 is 0. The van der Waals surface area contributed by atoms with Crippen molar-refractivity contribution in [3.8, 4) is 0 Å². The third kappa shape index (κ3) is 7.99. The second kappa shape index (κ2) is 12.1. The third-order valence-corrected chi connectivity index (χ3v) is 5.65. The molecule has 1 fully saturated rings. The van der Waals surface area contributed by atoms with Gasteiger partial charge in [0.1, 0.15) is 0 Å². The number of amides is 1. The van der Waals surface area contributed by atoms with E-state index in [2.05, 4.69) is 29.2 Å². The number of nitrogens with zero attached hydrogens (tertiary/aromatic N) is 2. The van der Waals surface area contributed by atoms with Crippen LogP contribution in [-0.4, -0.2) is 64.5 Å². The molecule has 30 heavy (non-hydrogen) atoms. The van der Waals surface area contributed by atoms with Gasteiger partial charge in [-0.2, -0.15) is 0 Å². The summed E-state index contributed by atoms with van der Waals surface area (Å²) in [5, 5.41) is 14.8. The molecule has 0 bridgehead atoms. The van der Waals surface area contributed by atoms with E-state index in [4.69, 9.17) is 19.8 Å². The van der Waals surface area contributed by atoms with Gasteiger partial charge in [-0.05, 0) is 56.7 Å². The summed E-state index contributed by atoms with van der Waals surface area (Å²) in [5.41, 5.74) is 1.20. The first-order valence-corrected chi connectivity index (χ1v) is 10.5. The minimum absolute atomic E-state index is 0.209. The van der Waals surface area contributed by atoms with E-state index in [0.717, 1.165) is 31.8 Å². The van der Waals surface area contributed by atoms with Crippen LogP contribution in [0.3, 0.4) is 0 Å². The van der Waals surface area contributed by atoms with Crippen molar-refractivity contribution in [2.75, 3.05) is 26.7 Å². The summed E-state index contributed by atoms with van der Waals surface area (Å²) >= 11 is 0. The first kappa shape index (κ1) is 23.6. The molecule has 1 aliphatic heterocycles. The molecule has 0 spiro atoms. The third-order valence-electron chi connectivity index (χ3n) is 5.65. The number of hydrogen-bond donors (Lipinski definition) is 2. The van der Waals surface area contributed by atoms with Gasteiger partial charge in [0.2, 0.25) is 5.91 Å². The largest absolute Gasteiger partial charge is 0.473 e. The number of benzene rings is 1. The van der Waals surface area contributed by atoms with E-state index in [-0.39, 0.29) is 5.92 Å². The Kier molecular flexibility index (Phi) is 9.54. The predicted molar refractivity (Wildman–Crippen MR) is 114 cm³/mol. The number of carboxylic acids is 2. The van der Waals surface area contributed by atoms with Crippen LogP contribution in [0.1, 0.15) is 37.7 Å². The number of carboxylic acid groups (broad SMARTS) is 2. The molecule has 1 aromatic carbocycles. The van der Waals surface area contributed by atoms with Gasteiger partial charge < -0.3 is 20.0 Å². The zero-order valence-corrected chi connectivity index (χ0v) is 17.6. The molecule has 164 valence electrons. The number of allylic oxidation sites excluding steroid dienone is 2. The summed E-state index contributed by atoms with van der Waals surface area (Å²) in [6.45, 7) is 4.09. The van der Waals surface area contributed by atoms with Crippen molar-refractivity contribution in [2.45, 2.75) is 38.6 Å². The molecule has 7 nitrogen and oxygen atoms in total. The summed E-state index contributed by atoms with van der Waals surface area (Å²) in [7, 11) is 1.94. The Morgan fingerprint density at radius 3 is 2.17 bits per heavy atom. The quantitative estimate of drug-likeness (QED) is 0.566. The van der Waals surface area contributed by atoms with Crippen molar-refractivity contribution < 1.29 is 24.6 Å². The van der Waals surface area contributed by atoms with Crippen LogP contribution in [0.2, 0.25) is 0 Å². The topological polar surface area (TPSA) is 98.2 Å². The predicted octanol–water partition coefficient (Wildman–Crippen LogP) is 2.87. The fraction of sp³-hybridized carbons (Fsp3) is 0.522. The molecule has 1 amide bonds. The normalized spacial score (nSPS) is 19.4. The van der Waals surface area contributed by atoms with E-state index in [0.29, 0.717) is 12.5 Å². The maximum Gasteiger partial charge on any atom is 0.414 e. The second-order valence-electron chi connectivity index (χ2n) is 8.02. The maximum atomic E-state index is 12.7. The minimum atomic E-state index is -1.82. The number of likely N-dealkylation sites (tertiary alicyclic amines) is 1. The molecule has 2 aliphatic rings. The summed E-state index contributed by atoms with van der Waals surface area (Å²) in [6.07, 6.45) is 10.5. The van der Waals surface area contributed by atoms with Gasteiger partial charge >= 0.3 is 11.9 Å². The fourth-order valence-corrected chi connectivity index (χ4v) is 4.00. The average Bonchev–Trinajstić information content (AvgIpc) is 2.75. The lowest BCUT2D eigenvalue weighted by molar-refractivity contribution is -0.159. The summed E-state index contributed by atoms with van der Waals surface area (Å²) in [6, 6.07) is 10.3. The van der Waals surface area contributed by atoms with Gasteiger partial charge in [0.05, 0.1) is 0 Å². The van der Waals surface area contributed by atoms with Crippen LogP contribution < -0.4 is 0 Å². The van der Waals surface area contributed by atoms with Gasteiger partial charge in [-0.25, -0.2) is 9.59 Å². The highest BCUT2D eigenvalue weighted by atomic mass is 16.4. The van der Waals surface area contributed by atoms with E-state index < -0.39 is 11.9 Å².